The van der Waals surface area contributed by atoms with E-state index in [1.165, 1.54) is 19.3 Å². The fourth-order valence-electron chi connectivity index (χ4n) is 1.65. The summed E-state index contributed by atoms with van der Waals surface area (Å²) in [5.74, 6) is 2.70. The molecule has 0 aromatic heterocycles. The minimum atomic E-state index is 0.738. The second kappa shape index (κ2) is 10.1. The summed E-state index contributed by atoms with van der Waals surface area (Å²) in [7, 11) is 0. The van der Waals surface area contributed by atoms with E-state index < -0.39 is 0 Å². The molecule has 0 aliphatic heterocycles. The van der Waals surface area contributed by atoms with Crippen LogP contribution in [0.1, 0.15) is 39.0 Å². The van der Waals surface area contributed by atoms with Gasteiger partial charge >= 0.3 is 0 Å². The highest BCUT2D eigenvalue weighted by Crippen LogP contribution is 2.26. The van der Waals surface area contributed by atoms with Crippen molar-refractivity contribution in [2.45, 2.75) is 39.0 Å². The molecule has 0 spiro atoms. The average Bonchev–Trinajstić information content (AvgIpc) is 2.41. The number of rotatable bonds is 10. The Morgan fingerprint density at radius 2 is 1.50 bits per heavy atom. The second-order valence-electron chi connectivity index (χ2n) is 4.28. The molecule has 0 unspecified atom stereocenters. The first-order valence-electron chi connectivity index (χ1n) is 6.84. The number of ether oxygens (including phenoxy) is 2. The van der Waals surface area contributed by atoms with Gasteiger partial charge in [0.05, 0.1) is 13.2 Å². The van der Waals surface area contributed by atoms with E-state index in [4.69, 9.17) is 9.47 Å². The van der Waals surface area contributed by atoms with Crippen LogP contribution in [0.2, 0.25) is 0 Å². The van der Waals surface area contributed by atoms with Crippen LogP contribution in [-0.4, -0.2) is 19.0 Å². The lowest BCUT2D eigenvalue weighted by molar-refractivity contribution is 0.263. The van der Waals surface area contributed by atoms with E-state index >= 15 is 0 Å². The normalized spacial score (nSPS) is 10.3. The predicted octanol–water partition coefficient (Wildman–Crippen LogP) is 4.34. The molecule has 0 radical (unpaired) electrons. The van der Waals surface area contributed by atoms with Gasteiger partial charge in [0.25, 0.3) is 0 Å². The molecule has 102 valence electrons. The van der Waals surface area contributed by atoms with Gasteiger partial charge in [-0.2, -0.15) is 12.6 Å². The van der Waals surface area contributed by atoms with E-state index in [1.807, 2.05) is 24.3 Å². The summed E-state index contributed by atoms with van der Waals surface area (Å²) in [6.45, 7) is 3.60. The molecule has 0 N–H and O–H groups in total. The molecule has 2 nitrogen and oxygen atoms in total. The SMILES string of the molecule is CCCOc1ccccc1OCCCCCCS. The first-order valence-corrected chi connectivity index (χ1v) is 7.47. The van der Waals surface area contributed by atoms with E-state index in [-0.39, 0.29) is 0 Å². The summed E-state index contributed by atoms with van der Waals surface area (Å²) in [4.78, 5) is 0. The number of hydrogen-bond acceptors (Lipinski definition) is 3. The molecule has 1 aromatic rings. The van der Waals surface area contributed by atoms with Gasteiger partial charge in [0.15, 0.2) is 11.5 Å². The zero-order chi connectivity index (χ0) is 13.1. The molecular weight excluding hydrogens is 244 g/mol. The Morgan fingerprint density at radius 1 is 0.889 bits per heavy atom. The molecule has 0 heterocycles. The summed E-state index contributed by atoms with van der Waals surface area (Å²) in [5, 5.41) is 0. The van der Waals surface area contributed by atoms with Crippen molar-refractivity contribution in [1.29, 1.82) is 0 Å². The van der Waals surface area contributed by atoms with Crippen molar-refractivity contribution in [3.8, 4) is 11.5 Å². The Hall–Kier alpha value is -0.830. The van der Waals surface area contributed by atoms with Crippen LogP contribution in [-0.2, 0) is 0 Å². The predicted molar refractivity (Wildman–Crippen MR) is 80.0 cm³/mol. The van der Waals surface area contributed by atoms with Crippen LogP contribution in [0.4, 0.5) is 0 Å². The fraction of sp³-hybridized carbons (Fsp3) is 0.600. The zero-order valence-electron chi connectivity index (χ0n) is 11.2. The highest BCUT2D eigenvalue weighted by atomic mass is 32.1. The molecule has 0 saturated carbocycles. The van der Waals surface area contributed by atoms with Gasteiger partial charge in [-0.3, -0.25) is 0 Å². The second-order valence-corrected chi connectivity index (χ2v) is 4.73. The van der Waals surface area contributed by atoms with Crippen molar-refractivity contribution in [3.05, 3.63) is 24.3 Å². The van der Waals surface area contributed by atoms with E-state index in [1.54, 1.807) is 0 Å². The molecule has 0 amide bonds. The molecule has 1 aromatic carbocycles. The van der Waals surface area contributed by atoms with Gasteiger partial charge in [0.2, 0.25) is 0 Å². The van der Waals surface area contributed by atoms with Crippen molar-refractivity contribution >= 4 is 12.6 Å². The van der Waals surface area contributed by atoms with Crippen LogP contribution >= 0.6 is 12.6 Å². The number of hydrogen-bond donors (Lipinski definition) is 1. The smallest absolute Gasteiger partial charge is 0.161 e. The standard InChI is InChI=1S/C15H24O2S/c1-2-11-16-14-9-5-6-10-15(14)17-12-7-3-4-8-13-18/h5-6,9-10,18H,2-4,7-8,11-13H2,1H3. The average molecular weight is 268 g/mol. The van der Waals surface area contributed by atoms with E-state index in [0.717, 1.165) is 43.3 Å². The minimum absolute atomic E-state index is 0.738. The highest BCUT2D eigenvalue weighted by Gasteiger charge is 2.03. The molecule has 0 saturated heterocycles. The van der Waals surface area contributed by atoms with Crippen molar-refractivity contribution in [3.63, 3.8) is 0 Å². The van der Waals surface area contributed by atoms with Gasteiger partial charge in [-0.05, 0) is 37.1 Å². The third-order valence-corrected chi connectivity index (χ3v) is 2.94. The van der Waals surface area contributed by atoms with Crippen molar-refractivity contribution in [2.24, 2.45) is 0 Å². The third kappa shape index (κ3) is 6.20. The Bertz CT molecular complexity index is 315. The maximum absolute atomic E-state index is 5.77. The molecule has 3 heteroatoms. The Kier molecular flexibility index (Phi) is 8.57. The number of thiol groups is 1. The quantitative estimate of drug-likeness (QED) is 0.502. The molecule has 0 fully saturated rings. The van der Waals surface area contributed by atoms with E-state index in [0.29, 0.717) is 0 Å². The topological polar surface area (TPSA) is 18.5 Å². The number of benzene rings is 1. The molecule has 18 heavy (non-hydrogen) atoms. The van der Waals surface area contributed by atoms with Crippen LogP contribution in [0.3, 0.4) is 0 Å². The molecule has 1 rings (SSSR count). The molecule has 0 aliphatic rings. The summed E-state index contributed by atoms with van der Waals surface area (Å²) in [6, 6.07) is 7.89. The largest absolute Gasteiger partial charge is 0.490 e. The first-order chi connectivity index (χ1) is 8.88. The van der Waals surface area contributed by atoms with Crippen LogP contribution < -0.4 is 9.47 Å². The van der Waals surface area contributed by atoms with E-state index in [2.05, 4.69) is 19.6 Å². The summed E-state index contributed by atoms with van der Waals surface area (Å²) >= 11 is 4.20. The summed E-state index contributed by atoms with van der Waals surface area (Å²) in [6.07, 6.45) is 5.74. The van der Waals surface area contributed by atoms with Crippen molar-refractivity contribution < 1.29 is 9.47 Å². The Balaban J connectivity index is 2.27. The Morgan fingerprint density at radius 3 is 2.11 bits per heavy atom. The lowest BCUT2D eigenvalue weighted by Crippen LogP contribution is -2.01. The monoisotopic (exact) mass is 268 g/mol. The zero-order valence-corrected chi connectivity index (χ0v) is 12.1. The molecule has 0 aliphatic carbocycles. The van der Waals surface area contributed by atoms with Crippen LogP contribution in [0.15, 0.2) is 24.3 Å². The van der Waals surface area contributed by atoms with Gasteiger partial charge in [0, 0.05) is 0 Å². The van der Waals surface area contributed by atoms with Gasteiger partial charge in [-0.25, -0.2) is 0 Å². The first kappa shape index (κ1) is 15.2. The summed E-state index contributed by atoms with van der Waals surface area (Å²) in [5.41, 5.74) is 0. The lowest BCUT2D eigenvalue weighted by atomic mass is 10.2. The minimum Gasteiger partial charge on any atom is -0.490 e. The molecule has 0 atom stereocenters. The summed E-state index contributed by atoms with van der Waals surface area (Å²) < 4.78 is 11.4. The Labute approximate surface area is 116 Å². The van der Waals surface area contributed by atoms with Gasteiger partial charge in [0.1, 0.15) is 0 Å². The van der Waals surface area contributed by atoms with Crippen LogP contribution in [0.25, 0.3) is 0 Å². The van der Waals surface area contributed by atoms with Gasteiger partial charge in [-0.15, -0.1) is 0 Å². The maximum Gasteiger partial charge on any atom is 0.161 e. The fourth-order valence-corrected chi connectivity index (χ4v) is 1.87. The number of unbranched alkanes of at least 4 members (excludes halogenated alkanes) is 3. The van der Waals surface area contributed by atoms with Crippen molar-refractivity contribution in [2.75, 3.05) is 19.0 Å². The van der Waals surface area contributed by atoms with Gasteiger partial charge in [-0.1, -0.05) is 31.9 Å². The molecule has 0 bridgehead atoms. The van der Waals surface area contributed by atoms with Crippen LogP contribution in [0, 0.1) is 0 Å². The van der Waals surface area contributed by atoms with Crippen molar-refractivity contribution in [1.82, 2.24) is 0 Å². The van der Waals surface area contributed by atoms with Gasteiger partial charge < -0.3 is 9.47 Å². The lowest BCUT2D eigenvalue weighted by Gasteiger charge is -2.11. The number of para-hydroxylation sites is 2. The molecular formula is C15H24O2S. The van der Waals surface area contributed by atoms with Crippen LogP contribution in [0.5, 0.6) is 11.5 Å². The van der Waals surface area contributed by atoms with E-state index in [9.17, 15) is 0 Å². The highest BCUT2D eigenvalue weighted by molar-refractivity contribution is 7.80. The maximum atomic E-state index is 5.77. The third-order valence-electron chi connectivity index (χ3n) is 2.62.